The fraction of sp³-hybridized carbons (Fsp3) is 0.500. The summed E-state index contributed by atoms with van der Waals surface area (Å²) in [5.74, 6) is 0.905. The lowest BCUT2D eigenvalue weighted by Gasteiger charge is -2.14. The van der Waals surface area contributed by atoms with Gasteiger partial charge in [-0.25, -0.2) is 0 Å². The summed E-state index contributed by atoms with van der Waals surface area (Å²) in [6.45, 7) is 5.34. The molecule has 0 aromatic heterocycles. The number of rotatable bonds is 5. The van der Waals surface area contributed by atoms with Crippen molar-refractivity contribution in [3.63, 3.8) is 0 Å². The highest BCUT2D eigenvalue weighted by atomic mass is 16.5. The van der Waals surface area contributed by atoms with E-state index in [1.807, 2.05) is 25.1 Å². The average molecular weight is 208 g/mol. The summed E-state index contributed by atoms with van der Waals surface area (Å²) in [6.07, 6.45) is 1.02. The molecule has 0 heterocycles. The van der Waals surface area contributed by atoms with Gasteiger partial charge in [-0.1, -0.05) is 13.0 Å². The van der Waals surface area contributed by atoms with Crippen LogP contribution in [0.5, 0.6) is 5.75 Å². The van der Waals surface area contributed by atoms with Crippen LogP contribution in [0.25, 0.3) is 0 Å². The fourth-order valence-corrected chi connectivity index (χ4v) is 1.50. The predicted molar refractivity (Wildman–Crippen MR) is 62.9 cm³/mol. The van der Waals surface area contributed by atoms with Gasteiger partial charge in [0.25, 0.3) is 0 Å². The molecule has 0 saturated heterocycles. The molecule has 0 aliphatic rings. The summed E-state index contributed by atoms with van der Waals surface area (Å²) >= 11 is 0. The van der Waals surface area contributed by atoms with Gasteiger partial charge in [-0.15, -0.1) is 0 Å². The Bertz CT molecular complexity index is 312. The number of nitrogens with two attached hydrogens (primary N) is 2. The molecule has 3 nitrogen and oxygen atoms in total. The third kappa shape index (κ3) is 3.22. The molecule has 0 spiro atoms. The van der Waals surface area contributed by atoms with Crippen molar-refractivity contribution in [1.82, 2.24) is 0 Å². The van der Waals surface area contributed by atoms with Crippen LogP contribution in [0.1, 0.15) is 30.5 Å². The molecular formula is C12H20N2O. The minimum absolute atomic E-state index is 0.0785. The van der Waals surface area contributed by atoms with E-state index in [2.05, 4.69) is 6.92 Å². The van der Waals surface area contributed by atoms with Gasteiger partial charge in [0.15, 0.2) is 0 Å². The number of ether oxygens (including phenoxy) is 1. The van der Waals surface area contributed by atoms with Crippen molar-refractivity contribution in [3.8, 4) is 5.75 Å². The van der Waals surface area contributed by atoms with Crippen molar-refractivity contribution >= 4 is 0 Å². The number of hydrogen-bond donors (Lipinski definition) is 2. The Balaban J connectivity index is 2.78. The lowest BCUT2D eigenvalue weighted by atomic mass is 10.0. The van der Waals surface area contributed by atoms with Gasteiger partial charge in [-0.2, -0.15) is 0 Å². The second kappa shape index (κ2) is 5.73. The summed E-state index contributed by atoms with van der Waals surface area (Å²) in [5.41, 5.74) is 13.7. The molecule has 4 N–H and O–H groups in total. The van der Waals surface area contributed by atoms with Crippen molar-refractivity contribution in [1.29, 1.82) is 0 Å². The molecule has 0 fully saturated rings. The van der Waals surface area contributed by atoms with Gasteiger partial charge in [0, 0.05) is 12.6 Å². The molecule has 1 unspecified atom stereocenters. The Morgan fingerprint density at radius 2 is 2.13 bits per heavy atom. The van der Waals surface area contributed by atoms with Crippen molar-refractivity contribution in [3.05, 3.63) is 29.3 Å². The highest BCUT2D eigenvalue weighted by Gasteiger charge is 2.07. The third-order valence-electron chi connectivity index (χ3n) is 2.37. The van der Waals surface area contributed by atoms with Crippen LogP contribution < -0.4 is 16.2 Å². The number of hydrogen-bond acceptors (Lipinski definition) is 3. The van der Waals surface area contributed by atoms with Crippen LogP contribution in [0.3, 0.4) is 0 Å². The van der Waals surface area contributed by atoms with Gasteiger partial charge in [-0.3, -0.25) is 0 Å². The van der Waals surface area contributed by atoms with E-state index in [1.165, 1.54) is 0 Å². The van der Waals surface area contributed by atoms with E-state index in [4.69, 9.17) is 16.2 Å². The normalized spacial score (nSPS) is 12.5. The second-order valence-corrected chi connectivity index (χ2v) is 3.71. The van der Waals surface area contributed by atoms with E-state index in [1.54, 1.807) is 0 Å². The van der Waals surface area contributed by atoms with Gasteiger partial charge >= 0.3 is 0 Å². The topological polar surface area (TPSA) is 61.3 Å². The van der Waals surface area contributed by atoms with Gasteiger partial charge in [0.05, 0.1) is 6.61 Å². The molecule has 1 aromatic rings. The maximum atomic E-state index is 5.88. The molecule has 3 heteroatoms. The zero-order valence-corrected chi connectivity index (χ0v) is 9.49. The van der Waals surface area contributed by atoms with Crippen LogP contribution in [-0.2, 0) is 0 Å². The smallest absolute Gasteiger partial charge is 0.119 e. The zero-order chi connectivity index (χ0) is 11.3. The third-order valence-corrected chi connectivity index (χ3v) is 2.37. The first-order chi connectivity index (χ1) is 7.19. The van der Waals surface area contributed by atoms with Gasteiger partial charge in [0.1, 0.15) is 5.75 Å². The average Bonchev–Trinajstić information content (AvgIpc) is 2.25. The van der Waals surface area contributed by atoms with Crippen molar-refractivity contribution in [2.24, 2.45) is 11.5 Å². The molecular weight excluding hydrogens is 188 g/mol. The summed E-state index contributed by atoms with van der Waals surface area (Å²) < 4.78 is 5.53. The van der Waals surface area contributed by atoms with E-state index >= 15 is 0 Å². The Labute approximate surface area is 91.4 Å². The Hall–Kier alpha value is -1.06. The number of benzene rings is 1. The van der Waals surface area contributed by atoms with Crippen LogP contribution in [-0.4, -0.2) is 13.2 Å². The Kier molecular flexibility index (Phi) is 4.59. The lowest BCUT2D eigenvalue weighted by Crippen LogP contribution is -2.21. The van der Waals surface area contributed by atoms with E-state index in [0.717, 1.165) is 29.9 Å². The van der Waals surface area contributed by atoms with E-state index in [-0.39, 0.29) is 6.04 Å². The second-order valence-electron chi connectivity index (χ2n) is 3.71. The fourth-order valence-electron chi connectivity index (χ4n) is 1.50. The van der Waals surface area contributed by atoms with Crippen LogP contribution in [0, 0.1) is 6.92 Å². The highest BCUT2D eigenvalue weighted by molar-refractivity contribution is 5.36. The quantitative estimate of drug-likeness (QED) is 0.774. The summed E-state index contributed by atoms with van der Waals surface area (Å²) in [7, 11) is 0. The molecule has 1 aromatic carbocycles. The van der Waals surface area contributed by atoms with Gasteiger partial charge in [0.2, 0.25) is 0 Å². The van der Waals surface area contributed by atoms with Crippen LogP contribution >= 0.6 is 0 Å². The first kappa shape index (κ1) is 12.0. The Morgan fingerprint density at radius 3 is 2.67 bits per heavy atom. The molecule has 84 valence electrons. The standard InChI is InChI=1S/C12H20N2O/c1-3-6-15-10-4-5-11(9(2)7-10)12(14)8-13/h4-5,7,12H,3,6,8,13-14H2,1-2H3. The molecule has 0 aliphatic heterocycles. The van der Waals surface area contributed by atoms with Crippen molar-refractivity contribution in [2.75, 3.05) is 13.2 Å². The molecule has 0 saturated carbocycles. The molecule has 0 aliphatic carbocycles. The monoisotopic (exact) mass is 208 g/mol. The van der Waals surface area contributed by atoms with E-state index in [0.29, 0.717) is 6.54 Å². The largest absolute Gasteiger partial charge is 0.494 e. The lowest BCUT2D eigenvalue weighted by molar-refractivity contribution is 0.317. The highest BCUT2D eigenvalue weighted by Crippen LogP contribution is 2.21. The molecule has 15 heavy (non-hydrogen) atoms. The molecule has 0 radical (unpaired) electrons. The van der Waals surface area contributed by atoms with Gasteiger partial charge in [-0.05, 0) is 36.6 Å². The zero-order valence-electron chi connectivity index (χ0n) is 9.49. The SMILES string of the molecule is CCCOc1ccc(C(N)CN)c(C)c1. The summed E-state index contributed by atoms with van der Waals surface area (Å²) in [5, 5.41) is 0. The maximum absolute atomic E-state index is 5.88. The van der Waals surface area contributed by atoms with Crippen molar-refractivity contribution in [2.45, 2.75) is 26.3 Å². The first-order valence-corrected chi connectivity index (χ1v) is 5.38. The van der Waals surface area contributed by atoms with Crippen LogP contribution in [0.2, 0.25) is 0 Å². The van der Waals surface area contributed by atoms with Gasteiger partial charge < -0.3 is 16.2 Å². The molecule has 1 atom stereocenters. The molecule has 0 bridgehead atoms. The Morgan fingerprint density at radius 1 is 1.40 bits per heavy atom. The molecule has 0 amide bonds. The molecule has 1 rings (SSSR count). The van der Waals surface area contributed by atoms with E-state index < -0.39 is 0 Å². The minimum atomic E-state index is -0.0785. The summed E-state index contributed by atoms with van der Waals surface area (Å²) in [4.78, 5) is 0. The minimum Gasteiger partial charge on any atom is -0.494 e. The van der Waals surface area contributed by atoms with E-state index in [9.17, 15) is 0 Å². The first-order valence-electron chi connectivity index (χ1n) is 5.38. The van der Waals surface area contributed by atoms with Crippen LogP contribution in [0.4, 0.5) is 0 Å². The van der Waals surface area contributed by atoms with Crippen LogP contribution in [0.15, 0.2) is 18.2 Å². The predicted octanol–water partition coefficient (Wildman–Crippen LogP) is 1.74. The summed E-state index contributed by atoms with van der Waals surface area (Å²) in [6, 6.07) is 5.89. The number of aryl methyl sites for hydroxylation is 1. The van der Waals surface area contributed by atoms with Crippen molar-refractivity contribution < 1.29 is 4.74 Å². The maximum Gasteiger partial charge on any atom is 0.119 e.